The second-order valence-electron chi connectivity index (χ2n) is 12.9. The summed E-state index contributed by atoms with van der Waals surface area (Å²) in [5.41, 5.74) is 0.0224. The minimum absolute atomic E-state index is 0.00252. The highest BCUT2D eigenvalue weighted by molar-refractivity contribution is 5.69. The molecule has 0 aliphatic carbocycles. The third-order valence-electron chi connectivity index (χ3n) is 9.23. The minimum Gasteiger partial charge on any atom is -0.571 e. The lowest BCUT2D eigenvalue weighted by molar-refractivity contribution is -0.360. The molecule has 14 N–H and O–H groups in total. The van der Waals surface area contributed by atoms with Crippen LogP contribution in [0.15, 0.2) is 30.0 Å². The van der Waals surface area contributed by atoms with Gasteiger partial charge in [-0.1, -0.05) is 0 Å². The van der Waals surface area contributed by atoms with Gasteiger partial charge in [-0.2, -0.15) is 0 Å². The van der Waals surface area contributed by atoms with Crippen LogP contribution in [0, 0.1) is 0 Å². The van der Waals surface area contributed by atoms with Crippen LogP contribution in [0.3, 0.4) is 0 Å². The Hall–Kier alpha value is -3.74. The molecular formula is C32H41O20+. The van der Waals surface area contributed by atoms with Crippen LogP contribution in [-0.2, 0) is 28.4 Å². The molecular weight excluding hydrogens is 704 g/mol. The molecule has 0 saturated carbocycles. The largest absolute Gasteiger partial charge is 0.571 e. The molecule has 3 fully saturated rings. The van der Waals surface area contributed by atoms with Gasteiger partial charge < -0.3 is 99.5 Å². The molecule has 20 heteroatoms. The molecule has 2 aromatic rings. The molecule has 0 amide bonds. The average Bonchev–Trinajstić information content (AvgIpc) is 3.10. The molecule has 0 aromatic heterocycles. The second-order valence-corrected chi connectivity index (χ2v) is 12.9. The Morgan fingerprint density at radius 1 is 0.712 bits per heavy atom. The second kappa shape index (κ2) is 14.9. The number of aliphatic hydroxyl groups excluding tert-OH is 8. The first-order valence-corrected chi connectivity index (χ1v) is 16.1. The summed E-state index contributed by atoms with van der Waals surface area (Å²) in [6, 6.07) is 4.29. The number of benzene rings is 2. The van der Waals surface area contributed by atoms with E-state index in [4.69, 9.17) is 28.4 Å². The zero-order chi connectivity index (χ0) is 37.8. The monoisotopic (exact) mass is 745 g/mol. The number of aliphatic hydroxyl groups is 9. The van der Waals surface area contributed by atoms with Gasteiger partial charge >= 0.3 is 0 Å². The smallest absolute Gasteiger partial charge is 0.270 e. The van der Waals surface area contributed by atoms with Gasteiger partial charge in [0.1, 0.15) is 72.0 Å². The summed E-state index contributed by atoms with van der Waals surface area (Å²) in [4.78, 5) is 0. The van der Waals surface area contributed by atoms with Gasteiger partial charge in [0.2, 0.25) is 6.29 Å². The lowest BCUT2D eigenvalue weighted by Gasteiger charge is -2.45. The van der Waals surface area contributed by atoms with E-state index in [-0.39, 0.29) is 28.4 Å². The molecule has 4 aliphatic heterocycles. The van der Waals surface area contributed by atoms with Crippen molar-refractivity contribution in [1.82, 2.24) is 0 Å². The van der Waals surface area contributed by atoms with E-state index in [9.17, 15) is 66.4 Å². The average molecular weight is 746 g/mol. The van der Waals surface area contributed by atoms with Crippen LogP contribution in [0.4, 0.5) is 0 Å². The fourth-order valence-electron chi connectivity index (χ4n) is 6.22. The lowest BCUT2D eigenvalue weighted by Crippen LogP contribution is -2.63. The third-order valence-corrected chi connectivity index (χ3v) is 9.23. The Balaban J connectivity index is 1.34. The first kappa shape index (κ1) is 38.0. The number of ether oxygens (including phenoxy) is 7. The van der Waals surface area contributed by atoms with Crippen molar-refractivity contribution in [2.75, 3.05) is 13.2 Å². The summed E-state index contributed by atoms with van der Waals surface area (Å²) in [5, 5.41) is 135. The van der Waals surface area contributed by atoms with Gasteiger partial charge in [-0.15, -0.1) is 0 Å². The lowest BCUT2D eigenvalue weighted by atomic mass is 9.97. The predicted molar refractivity (Wildman–Crippen MR) is 166 cm³/mol. The van der Waals surface area contributed by atoms with E-state index in [2.05, 4.69) is 4.74 Å². The summed E-state index contributed by atoms with van der Waals surface area (Å²) in [6.45, 7) is 0.285. The van der Waals surface area contributed by atoms with E-state index in [0.717, 1.165) is 18.2 Å². The van der Waals surface area contributed by atoms with Crippen LogP contribution < -0.4 is 0 Å². The Kier molecular flexibility index (Phi) is 10.9. The number of rotatable bonds is 8. The third kappa shape index (κ3) is 7.26. The summed E-state index contributed by atoms with van der Waals surface area (Å²) in [7, 11) is 0. The van der Waals surface area contributed by atoms with Gasteiger partial charge in [0.25, 0.3) is 11.9 Å². The number of phenols is 5. The van der Waals surface area contributed by atoms with Crippen LogP contribution in [-0.4, -0.2) is 170 Å². The van der Waals surface area contributed by atoms with Crippen molar-refractivity contribution in [3.8, 4) is 34.5 Å². The molecule has 15 atom stereocenters. The molecule has 6 rings (SSSR count). The first-order valence-electron chi connectivity index (χ1n) is 16.1. The van der Waals surface area contributed by atoms with Crippen LogP contribution in [0.25, 0.3) is 6.08 Å². The molecule has 2 aromatic carbocycles. The molecule has 52 heavy (non-hydrogen) atoms. The van der Waals surface area contributed by atoms with Crippen LogP contribution in [0.1, 0.15) is 24.2 Å². The number of hydrogen-bond acceptors (Lipinski definition) is 19. The number of phenolic OH excluding ortho intramolecular Hbond substituents is 5. The molecule has 4 heterocycles. The Labute approximate surface area is 293 Å². The van der Waals surface area contributed by atoms with Gasteiger partial charge in [-0.05, 0) is 19.1 Å². The van der Waals surface area contributed by atoms with Crippen molar-refractivity contribution >= 4 is 6.08 Å². The van der Waals surface area contributed by atoms with Crippen molar-refractivity contribution in [2.45, 2.75) is 99.0 Å². The first-order chi connectivity index (χ1) is 24.5. The van der Waals surface area contributed by atoms with Gasteiger partial charge in [-0.25, -0.2) is 0 Å². The SMILES string of the molecule is C[C@@H]1O[C@@H](OC[C@H]2O[C@@H](OC3=Cc4c(O)cc(O)cc4[OH+]C3c3cc(O)c(O)c(O)c3)[C@H](O[C@H]3OC[C@H](O)[C@@H](O)[C@H]3O)[C@H](O)[C@@H]2O)[C@H](O)[C@@H](O)[C@H]1O. The van der Waals surface area contributed by atoms with Gasteiger partial charge in [0.05, 0.1) is 30.9 Å². The van der Waals surface area contributed by atoms with Crippen LogP contribution >= 0.6 is 0 Å². The van der Waals surface area contributed by atoms with Crippen LogP contribution in [0.5, 0.6) is 34.5 Å². The van der Waals surface area contributed by atoms with Crippen LogP contribution in [0.2, 0.25) is 0 Å². The summed E-state index contributed by atoms with van der Waals surface area (Å²) < 4.78 is 38.8. The van der Waals surface area contributed by atoms with Gasteiger partial charge in [0, 0.05) is 12.1 Å². The molecule has 3 saturated heterocycles. The summed E-state index contributed by atoms with van der Waals surface area (Å²) in [6.07, 6.45) is -23.1. The standard InChI is InChI=1S/C32H40O20/c1-9-20(38)24(42)27(45)30(48-9)47-8-19-23(41)25(43)29(52-31-26(44)22(40)16(37)7-46-31)32(51-19)50-18-6-12-13(34)4-11(33)5-17(12)49-28(18)10-2-14(35)21(39)15(36)3-10/h2-6,9,16,19-20,22-45H,7-8H2,1H3/p+1/t9-,16-,19+,20-,22+,23+,24-,25+,26+,27+,28?,29+,30+,31+,32+/m0/s1. The van der Waals surface area contributed by atoms with Gasteiger partial charge in [-0.3, -0.25) is 0 Å². The van der Waals surface area contributed by atoms with Crippen molar-refractivity contribution < 1.29 is 99.5 Å². The normalized spacial score (nSPS) is 39.2. The fourth-order valence-corrected chi connectivity index (χ4v) is 6.22. The van der Waals surface area contributed by atoms with Crippen molar-refractivity contribution in [1.29, 1.82) is 0 Å². The number of aromatic hydroxyl groups is 6. The Morgan fingerprint density at radius 3 is 2.08 bits per heavy atom. The summed E-state index contributed by atoms with van der Waals surface area (Å²) in [5.74, 6) is -3.34. The highest BCUT2D eigenvalue weighted by Crippen LogP contribution is 2.48. The van der Waals surface area contributed by atoms with Crippen molar-refractivity contribution in [3.63, 3.8) is 0 Å². The quantitative estimate of drug-likeness (QED) is 0.0929. The fraction of sp³-hybridized carbons (Fsp3) is 0.562. The molecule has 0 radical (unpaired) electrons. The van der Waals surface area contributed by atoms with E-state index < -0.39 is 128 Å². The van der Waals surface area contributed by atoms with Gasteiger partial charge in [0.15, 0.2) is 41.7 Å². The highest BCUT2D eigenvalue weighted by Gasteiger charge is 2.52. The molecule has 288 valence electrons. The molecule has 20 nitrogen and oxygen atoms in total. The van der Waals surface area contributed by atoms with E-state index in [0.29, 0.717) is 0 Å². The summed E-state index contributed by atoms with van der Waals surface area (Å²) >= 11 is 0. The van der Waals surface area contributed by atoms with E-state index in [1.54, 1.807) is 0 Å². The topological polar surface area (TPSA) is 331 Å². The van der Waals surface area contributed by atoms with Crippen molar-refractivity contribution in [2.24, 2.45) is 0 Å². The molecule has 4 aliphatic rings. The molecule has 1 unspecified atom stereocenters. The van der Waals surface area contributed by atoms with E-state index in [1.165, 1.54) is 19.1 Å². The Morgan fingerprint density at radius 2 is 1.38 bits per heavy atom. The molecule has 0 bridgehead atoms. The number of hydrogen-bond donors (Lipinski definition) is 13. The highest BCUT2D eigenvalue weighted by atomic mass is 16.8. The zero-order valence-corrected chi connectivity index (χ0v) is 27.2. The number of fused-ring (bicyclic) bond motifs is 1. The predicted octanol–water partition coefficient (Wildman–Crippen LogP) is -3.32. The maximum absolute atomic E-state index is 11.4. The van der Waals surface area contributed by atoms with E-state index >= 15 is 0 Å². The molecule has 0 spiro atoms. The Bertz CT molecular complexity index is 1600. The van der Waals surface area contributed by atoms with E-state index in [1.807, 2.05) is 0 Å². The maximum Gasteiger partial charge on any atom is 0.270 e. The van der Waals surface area contributed by atoms with Crippen molar-refractivity contribution in [3.05, 3.63) is 41.2 Å². The minimum atomic E-state index is -1.95. The zero-order valence-electron chi connectivity index (χ0n) is 27.2. The maximum atomic E-state index is 11.4.